The molecule has 0 saturated heterocycles. The number of hydrogen-bond acceptors (Lipinski definition) is 3. The van der Waals surface area contributed by atoms with Gasteiger partial charge < -0.3 is 4.74 Å². The minimum Gasteiger partial charge on any atom is -0.493 e. The highest BCUT2D eigenvalue weighted by Gasteiger charge is 2.26. The van der Waals surface area contributed by atoms with Crippen molar-refractivity contribution in [2.45, 2.75) is 13.3 Å². The van der Waals surface area contributed by atoms with E-state index in [9.17, 15) is 4.79 Å². The maximum atomic E-state index is 12.3. The first kappa shape index (κ1) is 11.5. The number of thiophene rings is 1. The van der Waals surface area contributed by atoms with E-state index in [1.165, 1.54) is 4.88 Å². The van der Waals surface area contributed by atoms with Gasteiger partial charge in [-0.05, 0) is 31.0 Å². The summed E-state index contributed by atoms with van der Waals surface area (Å²) < 4.78 is 5.67. The Morgan fingerprint density at radius 3 is 3.00 bits per heavy atom. The number of aryl methyl sites for hydroxylation is 1. The molecule has 0 bridgehead atoms. The lowest BCUT2D eigenvalue weighted by molar-refractivity contribution is 0.0855. The average Bonchev–Trinajstić information content (AvgIpc) is 2.84. The average molecular weight is 258 g/mol. The molecule has 0 N–H and O–H groups in total. The first-order valence-electron chi connectivity index (χ1n) is 6.04. The van der Waals surface area contributed by atoms with Crippen molar-refractivity contribution in [1.82, 2.24) is 0 Å². The fourth-order valence-electron chi connectivity index (χ4n) is 2.30. The number of ether oxygens (including phenoxy) is 1. The number of benzene rings is 1. The molecule has 3 heteroatoms. The third-order valence-corrected chi connectivity index (χ3v) is 4.13. The topological polar surface area (TPSA) is 26.3 Å². The number of ketones is 1. The second-order valence-corrected chi connectivity index (χ2v) is 5.75. The maximum absolute atomic E-state index is 12.3. The maximum Gasteiger partial charge on any atom is 0.170 e. The molecule has 1 aromatic heterocycles. The second kappa shape index (κ2) is 4.58. The van der Waals surface area contributed by atoms with Crippen LogP contribution in [0.2, 0.25) is 0 Å². The van der Waals surface area contributed by atoms with Crippen molar-refractivity contribution in [3.8, 4) is 5.75 Å². The summed E-state index contributed by atoms with van der Waals surface area (Å²) in [6.07, 6.45) is 0.782. The van der Waals surface area contributed by atoms with Crippen LogP contribution in [0.1, 0.15) is 20.8 Å². The quantitative estimate of drug-likeness (QED) is 0.771. The SMILES string of the molecule is Cc1cc(C(=O)C2COc3ccccc3C2)cs1. The third kappa shape index (κ3) is 2.06. The molecule has 0 aliphatic carbocycles. The van der Waals surface area contributed by atoms with E-state index in [4.69, 9.17) is 4.74 Å². The van der Waals surface area contributed by atoms with Crippen LogP contribution in [0.15, 0.2) is 35.7 Å². The van der Waals surface area contributed by atoms with Gasteiger partial charge in [-0.3, -0.25) is 4.79 Å². The molecular formula is C15H14O2S. The first-order chi connectivity index (χ1) is 8.74. The first-order valence-corrected chi connectivity index (χ1v) is 6.92. The monoisotopic (exact) mass is 258 g/mol. The summed E-state index contributed by atoms with van der Waals surface area (Å²) in [4.78, 5) is 13.5. The molecule has 1 atom stereocenters. The summed E-state index contributed by atoms with van der Waals surface area (Å²) >= 11 is 1.62. The number of Topliss-reactive ketones (excluding diaryl/α,β-unsaturated/α-hetero) is 1. The van der Waals surface area contributed by atoms with Crippen LogP contribution >= 0.6 is 11.3 Å². The molecule has 1 aliphatic rings. The van der Waals surface area contributed by atoms with E-state index in [1.54, 1.807) is 11.3 Å². The van der Waals surface area contributed by atoms with Crippen molar-refractivity contribution in [2.75, 3.05) is 6.61 Å². The van der Waals surface area contributed by atoms with Crippen molar-refractivity contribution >= 4 is 17.1 Å². The van der Waals surface area contributed by atoms with Gasteiger partial charge in [0.1, 0.15) is 5.75 Å². The van der Waals surface area contributed by atoms with Crippen LogP contribution < -0.4 is 4.74 Å². The van der Waals surface area contributed by atoms with Crippen molar-refractivity contribution < 1.29 is 9.53 Å². The van der Waals surface area contributed by atoms with Crippen molar-refractivity contribution in [1.29, 1.82) is 0 Å². The zero-order valence-corrected chi connectivity index (χ0v) is 11.0. The summed E-state index contributed by atoms with van der Waals surface area (Å²) in [5, 5.41) is 1.94. The lowest BCUT2D eigenvalue weighted by atomic mass is 9.91. The van der Waals surface area contributed by atoms with Gasteiger partial charge in [-0.25, -0.2) is 0 Å². The Kier molecular flexibility index (Phi) is 2.92. The normalized spacial score (nSPS) is 17.9. The zero-order valence-electron chi connectivity index (χ0n) is 10.2. The Hall–Kier alpha value is -1.61. The summed E-state index contributed by atoms with van der Waals surface area (Å²) in [6, 6.07) is 9.92. The Labute approximate surface area is 110 Å². The number of fused-ring (bicyclic) bond motifs is 1. The molecule has 2 nitrogen and oxygen atoms in total. The van der Waals surface area contributed by atoms with E-state index in [0.717, 1.165) is 23.3 Å². The molecular weight excluding hydrogens is 244 g/mol. The van der Waals surface area contributed by atoms with E-state index < -0.39 is 0 Å². The van der Waals surface area contributed by atoms with Crippen LogP contribution in [0.3, 0.4) is 0 Å². The zero-order chi connectivity index (χ0) is 12.5. The molecule has 2 aromatic rings. The molecule has 18 heavy (non-hydrogen) atoms. The molecule has 1 unspecified atom stereocenters. The molecule has 3 rings (SSSR count). The Morgan fingerprint density at radius 2 is 2.22 bits per heavy atom. The molecule has 92 valence electrons. The van der Waals surface area contributed by atoms with Crippen molar-refractivity contribution in [3.63, 3.8) is 0 Å². The van der Waals surface area contributed by atoms with Gasteiger partial charge in [-0.2, -0.15) is 0 Å². The van der Waals surface area contributed by atoms with E-state index in [2.05, 4.69) is 0 Å². The van der Waals surface area contributed by atoms with Crippen LogP contribution in [0.25, 0.3) is 0 Å². The fourth-order valence-corrected chi connectivity index (χ4v) is 3.00. The van der Waals surface area contributed by atoms with Crippen LogP contribution in [0.5, 0.6) is 5.75 Å². The van der Waals surface area contributed by atoms with E-state index in [0.29, 0.717) is 6.61 Å². The van der Waals surface area contributed by atoms with E-state index in [1.807, 2.05) is 42.6 Å². The highest BCUT2D eigenvalue weighted by Crippen LogP contribution is 2.29. The Balaban J connectivity index is 1.82. The van der Waals surface area contributed by atoms with Crippen molar-refractivity contribution in [2.24, 2.45) is 5.92 Å². The molecule has 0 saturated carbocycles. The van der Waals surface area contributed by atoms with Crippen LogP contribution in [-0.4, -0.2) is 12.4 Å². The summed E-state index contributed by atoms with van der Waals surface area (Å²) in [6.45, 7) is 2.51. The highest BCUT2D eigenvalue weighted by atomic mass is 32.1. The number of carbonyl (C=O) groups is 1. The number of rotatable bonds is 2. The second-order valence-electron chi connectivity index (χ2n) is 4.63. The van der Waals surface area contributed by atoms with Gasteiger partial charge in [0.05, 0.1) is 12.5 Å². The minimum atomic E-state index is -0.0473. The smallest absolute Gasteiger partial charge is 0.170 e. The predicted molar refractivity (Wildman–Crippen MR) is 72.5 cm³/mol. The number of hydrogen-bond donors (Lipinski definition) is 0. The standard InChI is InChI=1S/C15H14O2S/c1-10-6-13(9-18-10)15(16)12-7-11-4-2-3-5-14(11)17-8-12/h2-6,9,12H,7-8H2,1H3. The van der Waals surface area contributed by atoms with Gasteiger partial charge in [0, 0.05) is 15.8 Å². The molecule has 0 spiro atoms. The molecule has 2 heterocycles. The van der Waals surface area contributed by atoms with Crippen LogP contribution in [0.4, 0.5) is 0 Å². The van der Waals surface area contributed by atoms with Gasteiger partial charge in [0.25, 0.3) is 0 Å². The molecule has 1 aliphatic heterocycles. The van der Waals surface area contributed by atoms with E-state index >= 15 is 0 Å². The van der Waals surface area contributed by atoms with Gasteiger partial charge in [-0.15, -0.1) is 11.3 Å². The van der Waals surface area contributed by atoms with Crippen molar-refractivity contribution in [3.05, 3.63) is 51.7 Å². The van der Waals surface area contributed by atoms with Gasteiger partial charge >= 0.3 is 0 Å². The number of para-hydroxylation sites is 1. The summed E-state index contributed by atoms with van der Waals surface area (Å²) in [5.74, 6) is 1.07. The van der Waals surface area contributed by atoms with Gasteiger partial charge in [-0.1, -0.05) is 18.2 Å². The Morgan fingerprint density at radius 1 is 1.39 bits per heavy atom. The highest BCUT2D eigenvalue weighted by molar-refractivity contribution is 7.10. The van der Waals surface area contributed by atoms with Gasteiger partial charge in [0.2, 0.25) is 0 Å². The van der Waals surface area contributed by atoms with Crippen LogP contribution in [-0.2, 0) is 6.42 Å². The summed E-state index contributed by atoms with van der Waals surface area (Å²) in [7, 11) is 0. The predicted octanol–water partition coefficient (Wildman–Crippen LogP) is 3.49. The third-order valence-electron chi connectivity index (χ3n) is 3.26. The number of carbonyl (C=O) groups excluding carboxylic acids is 1. The lowest BCUT2D eigenvalue weighted by Gasteiger charge is -2.23. The molecule has 1 aromatic carbocycles. The lowest BCUT2D eigenvalue weighted by Crippen LogP contribution is -2.28. The fraction of sp³-hybridized carbons (Fsp3) is 0.267. The van der Waals surface area contributed by atoms with E-state index in [-0.39, 0.29) is 11.7 Å². The Bertz CT molecular complexity index is 586. The molecule has 0 amide bonds. The largest absolute Gasteiger partial charge is 0.493 e. The molecule has 0 radical (unpaired) electrons. The summed E-state index contributed by atoms with van der Waals surface area (Å²) in [5.41, 5.74) is 1.96. The minimum absolute atomic E-state index is 0.0473. The van der Waals surface area contributed by atoms with Gasteiger partial charge in [0.15, 0.2) is 5.78 Å². The molecule has 0 fully saturated rings. The van der Waals surface area contributed by atoms with Crippen LogP contribution in [0, 0.1) is 12.8 Å².